The molecule has 0 bridgehead atoms. The van der Waals surface area contributed by atoms with Crippen LogP contribution in [0.2, 0.25) is 0 Å². The van der Waals surface area contributed by atoms with Crippen LogP contribution in [0, 0.1) is 5.92 Å². The second kappa shape index (κ2) is 11.4. The molecule has 2 amide bonds. The number of nitrogens with one attached hydrogen (secondary N) is 2. The average Bonchev–Trinajstić information content (AvgIpc) is 3.19. The minimum Gasteiger partial charge on any atom is -0.481 e. The van der Waals surface area contributed by atoms with Crippen LogP contribution < -0.4 is 10.6 Å². The fourth-order valence-electron chi connectivity index (χ4n) is 5.19. The molecule has 0 aliphatic heterocycles. The van der Waals surface area contributed by atoms with Gasteiger partial charge in [0.2, 0.25) is 5.91 Å². The molecule has 0 radical (unpaired) electrons. The van der Waals surface area contributed by atoms with E-state index in [-0.39, 0.29) is 31.4 Å². The minimum atomic E-state index is -0.888. The van der Waals surface area contributed by atoms with Crippen LogP contribution in [0.1, 0.15) is 49.1 Å². The number of methoxy groups -OCH3 is 1. The van der Waals surface area contributed by atoms with Crippen LogP contribution in [0.3, 0.4) is 0 Å². The molecule has 0 saturated heterocycles. The third kappa shape index (κ3) is 5.65. The van der Waals surface area contributed by atoms with Gasteiger partial charge in [-0.1, -0.05) is 61.4 Å². The number of carboxylic acid groups (broad SMARTS) is 1. The normalized spacial score (nSPS) is 19.8. The monoisotopic (exact) mass is 480 g/mol. The summed E-state index contributed by atoms with van der Waals surface area (Å²) >= 11 is 0. The molecule has 3 atom stereocenters. The van der Waals surface area contributed by atoms with Gasteiger partial charge in [-0.15, -0.1) is 0 Å². The summed E-state index contributed by atoms with van der Waals surface area (Å²) in [5, 5.41) is 14.9. The zero-order valence-electron chi connectivity index (χ0n) is 19.9. The van der Waals surface area contributed by atoms with Crippen LogP contribution in [-0.2, 0) is 19.1 Å². The van der Waals surface area contributed by atoms with Crippen molar-refractivity contribution in [2.45, 2.75) is 50.2 Å². The first kappa shape index (κ1) is 24.7. The maximum Gasteiger partial charge on any atom is 0.407 e. The maximum atomic E-state index is 12.6. The van der Waals surface area contributed by atoms with Crippen molar-refractivity contribution < 1.29 is 29.0 Å². The molecule has 3 N–H and O–H groups in total. The van der Waals surface area contributed by atoms with Crippen LogP contribution in [0.25, 0.3) is 11.1 Å². The molecular formula is C27H32N2O6. The van der Waals surface area contributed by atoms with Crippen molar-refractivity contribution >= 4 is 18.0 Å². The number of benzene rings is 2. The Labute approximate surface area is 205 Å². The van der Waals surface area contributed by atoms with E-state index >= 15 is 0 Å². The lowest BCUT2D eigenvalue weighted by Gasteiger charge is -2.30. The number of rotatable bonds is 9. The number of ether oxygens (including phenoxy) is 2. The standard InChI is InChI=1S/C27H32N2O6/c1-34-24(25(30)29-23-13-7-6-12-21(23)26(31)32)14-15-28-27(33)35-16-22-19-10-4-2-8-17(19)18-9-3-5-11-20(18)22/h2-5,8-11,21-24H,6-7,12-16H2,1H3,(H,28,33)(H,29,30)(H,31,32). The second-order valence-electron chi connectivity index (χ2n) is 9.11. The fraction of sp³-hybridized carbons (Fsp3) is 0.444. The highest BCUT2D eigenvalue weighted by Crippen LogP contribution is 2.44. The summed E-state index contributed by atoms with van der Waals surface area (Å²) in [4.78, 5) is 36.5. The molecule has 1 fully saturated rings. The third-order valence-corrected chi connectivity index (χ3v) is 7.01. The highest BCUT2D eigenvalue weighted by atomic mass is 16.5. The molecule has 2 aromatic carbocycles. The number of carbonyl (C=O) groups is 3. The molecule has 8 nitrogen and oxygen atoms in total. The number of hydrogen-bond acceptors (Lipinski definition) is 5. The van der Waals surface area contributed by atoms with Crippen LogP contribution in [0.5, 0.6) is 0 Å². The Hall–Kier alpha value is -3.39. The zero-order valence-corrected chi connectivity index (χ0v) is 19.9. The molecule has 2 aliphatic rings. The van der Waals surface area contributed by atoms with Crippen LogP contribution in [-0.4, -0.2) is 55.5 Å². The molecule has 2 aliphatic carbocycles. The maximum absolute atomic E-state index is 12.6. The molecule has 35 heavy (non-hydrogen) atoms. The van der Waals surface area contributed by atoms with Crippen LogP contribution in [0.4, 0.5) is 4.79 Å². The molecule has 2 aromatic rings. The summed E-state index contributed by atoms with van der Waals surface area (Å²) in [7, 11) is 1.42. The molecule has 3 unspecified atom stereocenters. The Morgan fingerprint density at radius 3 is 2.26 bits per heavy atom. The van der Waals surface area contributed by atoms with Gasteiger partial charge >= 0.3 is 12.1 Å². The Balaban J connectivity index is 1.25. The van der Waals surface area contributed by atoms with Gasteiger partial charge in [0.15, 0.2) is 0 Å². The molecule has 8 heteroatoms. The van der Waals surface area contributed by atoms with Gasteiger partial charge in [0.25, 0.3) is 0 Å². The Morgan fingerprint density at radius 2 is 1.63 bits per heavy atom. The topological polar surface area (TPSA) is 114 Å². The van der Waals surface area contributed by atoms with Gasteiger partial charge < -0.3 is 25.2 Å². The number of fused-ring (bicyclic) bond motifs is 3. The summed E-state index contributed by atoms with van der Waals surface area (Å²) < 4.78 is 10.8. The van der Waals surface area contributed by atoms with Crippen molar-refractivity contribution in [2.24, 2.45) is 5.92 Å². The SMILES string of the molecule is COC(CCNC(=O)OCC1c2ccccc2-c2ccccc21)C(=O)NC1CCCCC1C(=O)O. The Bertz CT molecular complexity index is 1030. The highest BCUT2D eigenvalue weighted by Gasteiger charge is 2.33. The number of aliphatic carboxylic acids is 1. The molecule has 1 saturated carbocycles. The number of alkyl carbamates (subject to hydrolysis) is 1. The van der Waals surface area contributed by atoms with Gasteiger partial charge in [-0.25, -0.2) is 4.79 Å². The van der Waals surface area contributed by atoms with E-state index < -0.39 is 30.1 Å². The number of hydrogen-bond donors (Lipinski definition) is 3. The number of amides is 2. The van der Waals surface area contributed by atoms with E-state index in [1.807, 2.05) is 24.3 Å². The van der Waals surface area contributed by atoms with Crippen molar-refractivity contribution in [3.63, 3.8) is 0 Å². The largest absolute Gasteiger partial charge is 0.481 e. The van der Waals surface area contributed by atoms with Crippen molar-refractivity contribution in [1.82, 2.24) is 10.6 Å². The lowest BCUT2D eigenvalue weighted by Crippen LogP contribution is -2.49. The van der Waals surface area contributed by atoms with E-state index in [9.17, 15) is 19.5 Å². The van der Waals surface area contributed by atoms with Gasteiger partial charge in [-0.2, -0.15) is 0 Å². The summed E-state index contributed by atoms with van der Waals surface area (Å²) in [6.07, 6.45) is 1.83. The van der Waals surface area contributed by atoms with E-state index in [1.54, 1.807) is 0 Å². The first-order valence-corrected chi connectivity index (χ1v) is 12.1. The summed E-state index contributed by atoms with van der Waals surface area (Å²) in [6.45, 7) is 0.405. The first-order valence-electron chi connectivity index (χ1n) is 12.1. The van der Waals surface area contributed by atoms with E-state index in [1.165, 1.54) is 7.11 Å². The van der Waals surface area contributed by atoms with Crippen molar-refractivity contribution in [3.05, 3.63) is 59.7 Å². The van der Waals surface area contributed by atoms with Gasteiger partial charge in [0, 0.05) is 32.0 Å². The number of carboxylic acids is 1. The van der Waals surface area contributed by atoms with Crippen LogP contribution >= 0.6 is 0 Å². The van der Waals surface area contributed by atoms with Crippen LogP contribution in [0.15, 0.2) is 48.5 Å². The predicted octanol–water partition coefficient (Wildman–Crippen LogP) is 3.69. The van der Waals surface area contributed by atoms with Gasteiger partial charge in [-0.05, 0) is 35.1 Å². The van der Waals surface area contributed by atoms with Crippen molar-refractivity contribution in [1.29, 1.82) is 0 Å². The molecule has 0 spiro atoms. The van der Waals surface area contributed by atoms with Gasteiger partial charge in [0.05, 0.1) is 5.92 Å². The fourth-order valence-corrected chi connectivity index (χ4v) is 5.19. The Morgan fingerprint density at radius 1 is 1.00 bits per heavy atom. The van der Waals surface area contributed by atoms with E-state index in [4.69, 9.17) is 9.47 Å². The van der Waals surface area contributed by atoms with Crippen molar-refractivity contribution in [3.8, 4) is 11.1 Å². The summed E-state index contributed by atoms with van der Waals surface area (Å²) in [5.74, 6) is -1.85. The van der Waals surface area contributed by atoms with Crippen molar-refractivity contribution in [2.75, 3.05) is 20.3 Å². The summed E-state index contributed by atoms with van der Waals surface area (Å²) in [5.41, 5.74) is 4.60. The molecule has 0 aromatic heterocycles. The average molecular weight is 481 g/mol. The third-order valence-electron chi connectivity index (χ3n) is 7.01. The van der Waals surface area contributed by atoms with E-state index in [0.29, 0.717) is 12.8 Å². The smallest absolute Gasteiger partial charge is 0.407 e. The minimum absolute atomic E-state index is 0.0247. The lowest BCUT2D eigenvalue weighted by atomic mass is 9.84. The molecule has 4 rings (SSSR count). The zero-order chi connectivity index (χ0) is 24.8. The quantitative estimate of drug-likeness (QED) is 0.504. The van der Waals surface area contributed by atoms with E-state index in [0.717, 1.165) is 35.1 Å². The number of carbonyl (C=O) groups excluding carboxylic acids is 2. The van der Waals surface area contributed by atoms with Gasteiger partial charge in [0.1, 0.15) is 12.7 Å². The van der Waals surface area contributed by atoms with E-state index in [2.05, 4.69) is 34.9 Å². The second-order valence-corrected chi connectivity index (χ2v) is 9.11. The lowest BCUT2D eigenvalue weighted by molar-refractivity contribution is -0.144. The molecular weight excluding hydrogens is 448 g/mol. The molecule has 0 heterocycles. The first-order chi connectivity index (χ1) is 17.0. The highest BCUT2D eigenvalue weighted by molar-refractivity contribution is 5.82. The Kier molecular flexibility index (Phi) is 8.02. The molecule has 186 valence electrons. The predicted molar refractivity (Wildman–Crippen MR) is 130 cm³/mol. The summed E-state index contributed by atoms with van der Waals surface area (Å²) in [6, 6.07) is 15.9. The van der Waals surface area contributed by atoms with Gasteiger partial charge in [-0.3, -0.25) is 9.59 Å².